The van der Waals surface area contributed by atoms with E-state index in [9.17, 15) is 9.00 Å². The van der Waals surface area contributed by atoms with Crippen LogP contribution in [0.3, 0.4) is 0 Å². The third-order valence-electron chi connectivity index (χ3n) is 1.28. The van der Waals surface area contributed by atoms with Crippen molar-refractivity contribution in [3.8, 4) is 11.5 Å². The minimum Gasteiger partial charge on any atom is -0.508 e. The topological polar surface area (TPSA) is 83.8 Å². The quantitative estimate of drug-likeness (QED) is 0.557. The Morgan fingerprint density at radius 1 is 1.46 bits per heavy atom. The van der Waals surface area contributed by atoms with Gasteiger partial charge in [0.05, 0.1) is 5.56 Å². The fourth-order valence-electron chi connectivity index (χ4n) is 0.781. The predicted molar refractivity (Wildman–Crippen MR) is 44.9 cm³/mol. The van der Waals surface area contributed by atoms with E-state index in [1.54, 1.807) is 0 Å². The van der Waals surface area contributed by atoms with Crippen LogP contribution < -0.4 is 4.18 Å². The highest BCUT2D eigenvalue weighted by atomic mass is 32.2. The van der Waals surface area contributed by atoms with Crippen molar-refractivity contribution in [3.05, 3.63) is 23.8 Å². The Morgan fingerprint density at radius 2 is 2.15 bits per heavy atom. The van der Waals surface area contributed by atoms with Crippen LogP contribution in [0.4, 0.5) is 0 Å². The van der Waals surface area contributed by atoms with Crippen LogP contribution in [0.1, 0.15) is 10.4 Å². The lowest BCUT2D eigenvalue weighted by atomic mass is 10.2. The Bertz CT molecular complexity index is 349. The molecule has 13 heavy (non-hydrogen) atoms. The number of carbonyl (C=O) groups is 1. The summed E-state index contributed by atoms with van der Waals surface area (Å²) in [5.74, 6) is -0.160. The lowest BCUT2D eigenvalue weighted by Gasteiger charge is -2.02. The van der Waals surface area contributed by atoms with Crippen molar-refractivity contribution in [1.82, 2.24) is 0 Å². The van der Waals surface area contributed by atoms with Gasteiger partial charge in [-0.15, -0.1) is 0 Å². The molecule has 6 heteroatoms. The van der Waals surface area contributed by atoms with Gasteiger partial charge in [0.15, 0.2) is 12.0 Å². The second-order valence-corrected chi connectivity index (χ2v) is 2.74. The fraction of sp³-hybridized carbons (Fsp3) is 0. The first-order chi connectivity index (χ1) is 6.13. The van der Waals surface area contributed by atoms with E-state index in [1.807, 2.05) is 0 Å². The van der Waals surface area contributed by atoms with E-state index in [0.29, 0.717) is 6.29 Å². The van der Waals surface area contributed by atoms with E-state index in [2.05, 4.69) is 4.18 Å². The minimum absolute atomic E-state index is 0.0161. The Morgan fingerprint density at radius 3 is 2.69 bits per heavy atom. The molecule has 0 aromatic heterocycles. The smallest absolute Gasteiger partial charge is 0.357 e. The molecule has 70 valence electrons. The summed E-state index contributed by atoms with van der Waals surface area (Å²) in [5, 5.41) is 8.95. The van der Waals surface area contributed by atoms with E-state index >= 15 is 0 Å². The van der Waals surface area contributed by atoms with Crippen molar-refractivity contribution < 1.29 is 22.8 Å². The molecule has 1 aromatic rings. The fourth-order valence-corrected chi connectivity index (χ4v) is 1.09. The van der Waals surface area contributed by atoms with Crippen molar-refractivity contribution in [2.75, 3.05) is 0 Å². The molecule has 2 N–H and O–H groups in total. The highest BCUT2D eigenvalue weighted by Crippen LogP contribution is 2.22. The maximum absolute atomic E-state index is 10.4. The van der Waals surface area contributed by atoms with Gasteiger partial charge in [0.2, 0.25) is 0 Å². The molecule has 1 aromatic carbocycles. The van der Waals surface area contributed by atoms with Crippen LogP contribution in [0.15, 0.2) is 18.2 Å². The van der Waals surface area contributed by atoms with Gasteiger partial charge in [0, 0.05) is 0 Å². The normalized spacial score (nSPS) is 12.1. The van der Waals surface area contributed by atoms with Crippen LogP contribution in [0.25, 0.3) is 0 Å². The second kappa shape index (κ2) is 4.01. The van der Waals surface area contributed by atoms with Crippen LogP contribution in [0, 0.1) is 0 Å². The Hall–Kier alpha value is -1.40. The highest BCUT2D eigenvalue weighted by Gasteiger charge is 2.06. The molecular formula is C7H6O5S. The van der Waals surface area contributed by atoms with Gasteiger partial charge in [0.1, 0.15) is 5.75 Å². The molecule has 0 aliphatic heterocycles. The number of hydrogen-bond donors (Lipinski definition) is 2. The van der Waals surface area contributed by atoms with Gasteiger partial charge in [-0.25, -0.2) is 0 Å². The number of aromatic hydroxyl groups is 1. The average molecular weight is 202 g/mol. The van der Waals surface area contributed by atoms with Gasteiger partial charge in [-0.2, -0.15) is 4.21 Å². The monoisotopic (exact) mass is 202 g/mol. The molecule has 1 atom stereocenters. The molecule has 5 nitrogen and oxygen atoms in total. The number of phenolic OH excluding ortho intramolecular Hbond substituents is 1. The van der Waals surface area contributed by atoms with Crippen molar-refractivity contribution >= 4 is 17.6 Å². The molecule has 1 rings (SSSR count). The number of carbonyl (C=O) groups excluding carboxylic acids is 1. The zero-order valence-electron chi connectivity index (χ0n) is 6.34. The molecule has 0 bridgehead atoms. The lowest BCUT2D eigenvalue weighted by Crippen LogP contribution is -1.99. The molecule has 0 fully saturated rings. The van der Waals surface area contributed by atoms with E-state index in [4.69, 9.17) is 9.66 Å². The number of rotatable bonds is 3. The average Bonchev–Trinajstić information content (AvgIpc) is 2.07. The van der Waals surface area contributed by atoms with Gasteiger partial charge in [0.25, 0.3) is 0 Å². The van der Waals surface area contributed by atoms with E-state index in [-0.39, 0.29) is 17.1 Å². The largest absolute Gasteiger partial charge is 0.508 e. The number of benzene rings is 1. The molecule has 0 aliphatic rings. The van der Waals surface area contributed by atoms with Gasteiger partial charge >= 0.3 is 11.4 Å². The van der Waals surface area contributed by atoms with Crippen LogP contribution in [0.2, 0.25) is 0 Å². The second-order valence-electron chi connectivity index (χ2n) is 2.14. The van der Waals surface area contributed by atoms with Crippen LogP contribution in [-0.2, 0) is 11.4 Å². The minimum atomic E-state index is -2.48. The zero-order valence-corrected chi connectivity index (χ0v) is 7.15. The summed E-state index contributed by atoms with van der Waals surface area (Å²) in [5.41, 5.74) is 0.0161. The highest BCUT2D eigenvalue weighted by molar-refractivity contribution is 7.74. The SMILES string of the molecule is O=Cc1cc(O)ccc1OS(=O)O. The molecular weight excluding hydrogens is 196 g/mol. The van der Waals surface area contributed by atoms with Crippen molar-refractivity contribution in [2.24, 2.45) is 0 Å². The van der Waals surface area contributed by atoms with Crippen molar-refractivity contribution in [2.45, 2.75) is 0 Å². The Balaban J connectivity index is 3.05. The summed E-state index contributed by atoms with van der Waals surface area (Å²) in [6.45, 7) is 0. The molecule has 0 saturated carbocycles. The standard InChI is InChI=1S/C7H6O5S/c8-4-5-3-6(9)1-2-7(5)12-13(10)11/h1-4,9H,(H,10,11). The van der Waals surface area contributed by atoms with Crippen molar-refractivity contribution in [1.29, 1.82) is 0 Å². The van der Waals surface area contributed by atoms with Gasteiger partial charge in [-0.1, -0.05) is 0 Å². The van der Waals surface area contributed by atoms with E-state index in [0.717, 1.165) is 6.07 Å². The van der Waals surface area contributed by atoms with E-state index < -0.39 is 11.4 Å². The molecule has 0 radical (unpaired) electrons. The first kappa shape index (κ1) is 9.69. The Kier molecular flexibility index (Phi) is 2.99. The van der Waals surface area contributed by atoms with Gasteiger partial charge in [-0.3, -0.25) is 9.35 Å². The summed E-state index contributed by atoms with van der Waals surface area (Å²) in [7, 11) is 0. The third-order valence-corrected chi connectivity index (χ3v) is 1.60. The predicted octanol–water partition coefficient (Wildman–Crippen LogP) is 0.720. The van der Waals surface area contributed by atoms with E-state index in [1.165, 1.54) is 12.1 Å². The number of hydrogen-bond acceptors (Lipinski definition) is 4. The molecule has 0 amide bonds. The lowest BCUT2D eigenvalue weighted by molar-refractivity contribution is 0.112. The number of aldehydes is 1. The third kappa shape index (κ3) is 2.53. The summed E-state index contributed by atoms with van der Waals surface area (Å²) in [6.07, 6.45) is 0.419. The summed E-state index contributed by atoms with van der Waals surface area (Å²) < 4.78 is 23.0. The Labute approximate surface area is 76.5 Å². The molecule has 0 heterocycles. The molecule has 0 saturated heterocycles. The van der Waals surface area contributed by atoms with Gasteiger partial charge in [-0.05, 0) is 18.2 Å². The summed E-state index contributed by atoms with van der Waals surface area (Å²) in [6, 6.07) is 3.61. The zero-order chi connectivity index (χ0) is 9.84. The summed E-state index contributed by atoms with van der Waals surface area (Å²) >= 11 is -2.48. The molecule has 0 spiro atoms. The number of phenols is 1. The van der Waals surface area contributed by atoms with Crippen LogP contribution >= 0.6 is 0 Å². The maximum Gasteiger partial charge on any atom is 0.357 e. The summed E-state index contributed by atoms with van der Waals surface area (Å²) in [4.78, 5) is 10.4. The maximum atomic E-state index is 10.4. The first-order valence-corrected chi connectivity index (χ1v) is 4.24. The molecule has 0 aliphatic carbocycles. The molecule has 1 unspecified atom stereocenters. The van der Waals surface area contributed by atoms with Crippen LogP contribution in [0.5, 0.6) is 11.5 Å². The van der Waals surface area contributed by atoms with Crippen LogP contribution in [-0.4, -0.2) is 20.2 Å². The van der Waals surface area contributed by atoms with Crippen molar-refractivity contribution in [3.63, 3.8) is 0 Å². The van der Waals surface area contributed by atoms with Gasteiger partial charge < -0.3 is 9.29 Å². The first-order valence-electron chi connectivity index (χ1n) is 3.21.